The van der Waals surface area contributed by atoms with Crippen molar-refractivity contribution < 1.29 is 17.6 Å². The van der Waals surface area contributed by atoms with Gasteiger partial charge in [0, 0.05) is 6.07 Å². The van der Waals surface area contributed by atoms with E-state index in [9.17, 15) is 13.2 Å². The molecule has 0 radical (unpaired) electrons. The number of alkyl halides is 3. The fourth-order valence-electron chi connectivity index (χ4n) is 0.693. The van der Waals surface area contributed by atoms with E-state index in [1.54, 1.807) is 0 Å². The van der Waals surface area contributed by atoms with Crippen LogP contribution in [-0.2, 0) is 0 Å². The van der Waals surface area contributed by atoms with E-state index in [1.807, 2.05) is 0 Å². The summed E-state index contributed by atoms with van der Waals surface area (Å²) in [7, 11) is 0. The monoisotopic (exact) mass is 180 g/mol. The predicted octanol–water partition coefficient (Wildman–Crippen LogP) is 1.42. The summed E-state index contributed by atoms with van der Waals surface area (Å²) in [6, 6.07) is -1.05. The molecule has 1 rings (SSSR count). The van der Waals surface area contributed by atoms with E-state index >= 15 is 0 Å². The highest BCUT2D eigenvalue weighted by Gasteiger charge is 2.39. The molecule has 0 bridgehead atoms. The first-order valence-electron chi connectivity index (χ1n) is 3.07. The molecule has 0 unspecified atom stereocenters. The molecule has 6 heteroatoms. The largest absolute Gasteiger partial charge is 0.465 e. The number of nitrogen functional groups attached to an aromatic ring is 1. The van der Waals surface area contributed by atoms with E-state index in [2.05, 4.69) is 4.42 Å². The van der Waals surface area contributed by atoms with Gasteiger partial charge in [0.1, 0.15) is 12.0 Å². The SMILES string of the molecule is Nc1coc([C@H](N)C(F)(F)F)c1. The lowest BCUT2D eigenvalue weighted by molar-refractivity contribution is -0.152. The highest BCUT2D eigenvalue weighted by Crippen LogP contribution is 2.31. The van der Waals surface area contributed by atoms with E-state index in [0.29, 0.717) is 0 Å². The van der Waals surface area contributed by atoms with Crippen LogP contribution in [0.1, 0.15) is 11.8 Å². The van der Waals surface area contributed by atoms with E-state index in [4.69, 9.17) is 11.5 Å². The van der Waals surface area contributed by atoms with Crippen molar-refractivity contribution in [3.8, 4) is 0 Å². The molecule has 1 aromatic heterocycles. The van der Waals surface area contributed by atoms with Gasteiger partial charge >= 0.3 is 6.18 Å². The fraction of sp³-hybridized carbons (Fsp3) is 0.333. The maximum atomic E-state index is 11.9. The van der Waals surface area contributed by atoms with Crippen molar-refractivity contribution in [3.63, 3.8) is 0 Å². The number of hydrogen-bond acceptors (Lipinski definition) is 3. The standard InChI is InChI=1S/C6H7F3N2O/c7-6(8,9)5(11)4-1-3(10)2-12-4/h1-2,5H,10-11H2/t5-/m0/s1. The lowest BCUT2D eigenvalue weighted by Crippen LogP contribution is -2.27. The molecule has 0 fully saturated rings. The van der Waals surface area contributed by atoms with Crippen molar-refractivity contribution in [2.45, 2.75) is 12.2 Å². The van der Waals surface area contributed by atoms with Crippen molar-refractivity contribution in [2.24, 2.45) is 5.73 Å². The first-order valence-corrected chi connectivity index (χ1v) is 3.07. The third-order valence-electron chi connectivity index (χ3n) is 1.30. The van der Waals surface area contributed by atoms with Crippen molar-refractivity contribution >= 4 is 5.69 Å². The third kappa shape index (κ3) is 1.70. The Kier molecular flexibility index (Phi) is 2.01. The second-order valence-corrected chi connectivity index (χ2v) is 2.30. The number of furan rings is 1. The Hall–Kier alpha value is -1.17. The van der Waals surface area contributed by atoms with Gasteiger partial charge in [-0.15, -0.1) is 0 Å². The molecule has 0 saturated heterocycles. The van der Waals surface area contributed by atoms with Crippen molar-refractivity contribution in [2.75, 3.05) is 5.73 Å². The Morgan fingerprint density at radius 1 is 1.42 bits per heavy atom. The maximum absolute atomic E-state index is 11.9. The molecule has 3 nitrogen and oxygen atoms in total. The van der Waals surface area contributed by atoms with Crippen LogP contribution in [0.2, 0.25) is 0 Å². The summed E-state index contributed by atoms with van der Waals surface area (Å²) in [5.74, 6) is -0.375. The van der Waals surface area contributed by atoms with Crippen LogP contribution >= 0.6 is 0 Å². The summed E-state index contributed by atoms with van der Waals surface area (Å²) in [6.07, 6.45) is -3.48. The van der Waals surface area contributed by atoms with Crippen molar-refractivity contribution in [3.05, 3.63) is 18.1 Å². The van der Waals surface area contributed by atoms with Gasteiger partial charge in [-0.1, -0.05) is 0 Å². The number of halogens is 3. The molecule has 0 aliphatic carbocycles. The topological polar surface area (TPSA) is 65.2 Å². The zero-order valence-corrected chi connectivity index (χ0v) is 5.93. The minimum absolute atomic E-state index is 0.129. The van der Waals surface area contributed by atoms with Crippen LogP contribution in [0.4, 0.5) is 18.9 Å². The summed E-state index contributed by atoms with van der Waals surface area (Å²) >= 11 is 0. The van der Waals surface area contributed by atoms with Gasteiger partial charge in [0.2, 0.25) is 0 Å². The lowest BCUT2D eigenvalue weighted by atomic mass is 10.2. The van der Waals surface area contributed by atoms with Crippen LogP contribution < -0.4 is 11.5 Å². The van der Waals surface area contributed by atoms with Gasteiger partial charge in [0.05, 0.1) is 5.69 Å². The molecular weight excluding hydrogens is 173 g/mol. The molecule has 12 heavy (non-hydrogen) atoms. The number of nitrogens with two attached hydrogens (primary N) is 2. The van der Waals surface area contributed by atoms with Crippen LogP contribution in [0.5, 0.6) is 0 Å². The minimum atomic E-state index is -4.50. The van der Waals surface area contributed by atoms with E-state index in [0.717, 1.165) is 12.3 Å². The van der Waals surface area contributed by atoms with E-state index in [-0.39, 0.29) is 11.4 Å². The normalized spacial score (nSPS) is 14.7. The minimum Gasteiger partial charge on any atom is -0.465 e. The fourth-order valence-corrected chi connectivity index (χ4v) is 0.693. The molecule has 68 valence electrons. The Balaban J connectivity index is 2.85. The predicted molar refractivity (Wildman–Crippen MR) is 36.1 cm³/mol. The van der Waals surface area contributed by atoms with Gasteiger partial charge in [-0.25, -0.2) is 0 Å². The second-order valence-electron chi connectivity index (χ2n) is 2.30. The summed E-state index contributed by atoms with van der Waals surface area (Å²) in [4.78, 5) is 0. The van der Waals surface area contributed by atoms with Gasteiger partial charge in [-0.05, 0) is 0 Å². The molecule has 1 heterocycles. The Labute approximate surface area is 66.1 Å². The Morgan fingerprint density at radius 3 is 2.33 bits per heavy atom. The Bertz CT molecular complexity index is 268. The molecular formula is C6H7F3N2O. The molecule has 0 aliphatic rings. The maximum Gasteiger partial charge on any atom is 0.410 e. The summed E-state index contributed by atoms with van der Waals surface area (Å²) in [5, 5.41) is 0. The van der Waals surface area contributed by atoms with Crippen molar-refractivity contribution in [1.82, 2.24) is 0 Å². The third-order valence-corrected chi connectivity index (χ3v) is 1.30. The number of hydrogen-bond donors (Lipinski definition) is 2. The molecule has 0 aromatic carbocycles. The molecule has 1 aromatic rings. The van der Waals surface area contributed by atoms with E-state index < -0.39 is 12.2 Å². The van der Waals surface area contributed by atoms with Crippen LogP contribution in [0.3, 0.4) is 0 Å². The first kappa shape index (κ1) is 8.92. The highest BCUT2D eigenvalue weighted by atomic mass is 19.4. The van der Waals surface area contributed by atoms with Crippen molar-refractivity contribution in [1.29, 1.82) is 0 Å². The second kappa shape index (κ2) is 2.71. The van der Waals surface area contributed by atoms with Crippen LogP contribution in [0.15, 0.2) is 16.7 Å². The smallest absolute Gasteiger partial charge is 0.410 e. The van der Waals surface area contributed by atoms with Gasteiger partial charge in [-0.2, -0.15) is 13.2 Å². The average Bonchev–Trinajstić information content (AvgIpc) is 2.32. The molecule has 0 aliphatic heterocycles. The van der Waals surface area contributed by atoms with Gasteiger partial charge in [-0.3, -0.25) is 0 Å². The molecule has 0 saturated carbocycles. The van der Waals surface area contributed by atoms with Crippen LogP contribution in [-0.4, -0.2) is 6.18 Å². The summed E-state index contributed by atoms with van der Waals surface area (Å²) < 4.78 is 40.2. The molecule has 0 amide bonds. The first-order chi connectivity index (χ1) is 5.41. The summed E-state index contributed by atoms with van der Waals surface area (Å²) in [6.45, 7) is 0. The van der Waals surface area contributed by atoms with Gasteiger partial charge in [0.25, 0.3) is 0 Å². The summed E-state index contributed by atoms with van der Waals surface area (Å²) in [5.41, 5.74) is 10.1. The highest BCUT2D eigenvalue weighted by molar-refractivity contribution is 5.36. The number of rotatable bonds is 1. The molecule has 0 spiro atoms. The lowest BCUT2D eigenvalue weighted by Gasteiger charge is -2.11. The average molecular weight is 180 g/mol. The number of anilines is 1. The molecule has 4 N–H and O–H groups in total. The van der Waals surface area contributed by atoms with E-state index in [1.165, 1.54) is 0 Å². The van der Waals surface area contributed by atoms with Crippen LogP contribution in [0, 0.1) is 0 Å². The zero-order chi connectivity index (χ0) is 9.35. The van der Waals surface area contributed by atoms with Gasteiger partial charge in [0.15, 0.2) is 6.04 Å². The Morgan fingerprint density at radius 2 is 2.00 bits per heavy atom. The quantitative estimate of drug-likeness (QED) is 0.686. The molecule has 1 atom stereocenters. The zero-order valence-electron chi connectivity index (χ0n) is 5.93. The van der Waals surface area contributed by atoms with Crippen LogP contribution in [0.25, 0.3) is 0 Å². The van der Waals surface area contributed by atoms with Gasteiger partial charge < -0.3 is 15.9 Å².